The minimum absolute atomic E-state index is 0.0331. The Bertz CT molecular complexity index is 5310. The molecule has 4 nitrogen and oxygen atoms in total. The van der Waals surface area contributed by atoms with Gasteiger partial charge < -0.3 is 0 Å². The van der Waals surface area contributed by atoms with Crippen LogP contribution in [0.3, 0.4) is 0 Å². The number of benzene rings is 11. The van der Waals surface area contributed by atoms with Gasteiger partial charge in [0.2, 0.25) is 0 Å². The molecule has 0 unspecified atom stereocenters. The summed E-state index contributed by atoms with van der Waals surface area (Å²) in [6, 6.07) is 90.2. The molecule has 1 aromatic heterocycles. The number of hydrogen-bond donors (Lipinski definition) is 0. The first-order valence-electron chi connectivity index (χ1n) is 36.6. The van der Waals surface area contributed by atoms with Gasteiger partial charge in [-0.15, -0.1) is 0 Å². The second-order valence-corrected chi connectivity index (χ2v) is 37.7. The van der Waals surface area contributed by atoms with E-state index in [2.05, 4.69) is 375 Å². The van der Waals surface area contributed by atoms with Crippen molar-refractivity contribution in [3.8, 4) is 44.5 Å². The fourth-order valence-corrected chi connectivity index (χ4v) is 19.8. The fourth-order valence-electron chi connectivity index (χ4n) is 16.8. The molecule has 0 fully saturated rings. The molecule has 12 aromatic rings. The summed E-state index contributed by atoms with van der Waals surface area (Å²) in [5, 5.41) is 0. The van der Waals surface area contributed by atoms with Crippen LogP contribution in [-0.2, 0) is 32.5 Å². The van der Waals surface area contributed by atoms with Gasteiger partial charge in [0.05, 0.1) is 0 Å². The van der Waals surface area contributed by atoms with Crippen molar-refractivity contribution in [1.29, 1.82) is 0 Å². The van der Waals surface area contributed by atoms with Crippen LogP contribution in [-0.4, -0.2) is 27.9 Å². The Morgan fingerprint density at radius 3 is 0.901 bits per heavy atom. The zero-order valence-electron chi connectivity index (χ0n) is 62.3. The summed E-state index contributed by atoms with van der Waals surface area (Å²) >= 11 is -0.0331. The zero-order valence-corrected chi connectivity index (χ0v) is 64.0. The van der Waals surface area contributed by atoms with Crippen LogP contribution in [0, 0.1) is 0 Å². The summed E-state index contributed by atoms with van der Waals surface area (Å²) in [7, 11) is 0. The number of hydrogen-bond acceptors (Lipinski definition) is 4. The van der Waals surface area contributed by atoms with Crippen molar-refractivity contribution >= 4 is 129 Å². The van der Waals surface area contributed by atoms with Crippen LogP contribution in [0.2, 0.25) is 0 Å². The molecule has 0 saturated carbocycles. The molecule has 0 atom stereocenters. The van der Waals surface area contributed by atoms with Gasteiger partial charge >= 0.3 is 588 Å². The SMILES string of the molecule is CC(C)(C)c1cc(N2c3ccc(-c4ccccc4)cc3B3c4ccc5c6c4N(c4cc(-c7ccccc7)cc2c43)c2c(C(C)(C)C)[se]c(C(C)(C)C)c2N6c2cc(-c3ccccc3)cc3c2B5c2ccc(-c4ccccc4)cc2N3c2cc(C(C)(C)C)cc(C(C)(C)C)c2)cc(C(C)(C)C)c1. The van der Waals surface area contributed by atoms with Crippen molar-refractivity contribution in [2.24, 2.45) is 0 Å². The van der Waals surface area contributed by atoms with Gasteiger partial charge in [0.15, 0.2) is 0 Å². The van der Waals surface area contributed by atoms with E-state index in [9.17, 15) is 0 Å². The fraction of sp³-hybridized carbons (Fsp3) is 0.255. The molecular weight excluding hydrogens is 1290 g/mol. The summed E-state index contributed by atoms with van der Waals surface area (Å²) in [4.78, 5) is 11.1. The van der Waals surface area contributed by atoms with Crippen molar-refractivity contribution in [2.45, 2.75) is 157 Å². The molecule has 6 heterocycles. The summed E-state index contributed by atoms with van der Waals surface area (Å²) in [5.41, 5.74) is 37.2. The third kappa shape index (κ3) is 10.4. The molecule has 500 valence electrons. The van der Waals surface area contributed by atoms with Crippen molar-refractivity contribution in [3.05, 3.63) is 262 Å². The van der Waals surface area contributed by atoms with Crippen LogP contribution in [0.15, 0.2) is 231 Å². The van der Waals surface area contributed by atoms with Gasteiger partial charge in [-0.1, -0.05) is 24.3 Å². The predicted octanol–water partition coefficient (Wildman–Crippen LogP) is 21.7. The summed E-state index contributed by atoms with van der Waals surface area (Å²) < 4.78 is 3.06. The molecule has 11 aromatic carbocycles. The number of anilines is 12. The molecule has 0 bridgehead atoms. The summed E-state index contributed by atoms with van der Waals surface area (Å²) in [6.45, 7) is 43.2. The first-order chi connectivity index (χ1) is 47.9. The van der Waals surface area contributed by atoms with Crippen LogP contribution < -0.4 is 52.4 Å². The number of rotatable bonds is 6. The predicted molar refractivity (Wildman–Crippen MR) is 439 cm³/mol. The molecule has 0 N–H and O–H groups in total. The standard InChI is InChI=1S/C94H92B2N4Se/c1-89(2,3)65-51-66(90(4,5)6)54-69(53-65)97-75-44-40-61(57-31-23-19-24-32-57)45-74(75)96-73-43-42-72-83-84(73)100(80-50-63(47-77(97)82(80)96)59-35-27-21-28-36-59)86-85(87(93(13,14)15)101-88(86)94(16,17)18)99(83)79-49-64(60-37-29-22-30-38-60)48-78-81(79)95(72)71-41-39-62(58-33-25-20-26-34-58)46-76(71)98(78)70-55-67(91(7,8)9)52-68(56-70)92(10,11)12/h19-56H,1-18H3. The minimum atomic E-state index is -0.199. The van der Waals surface area contributed by atoms with Crippen LogP contribution >= 0.6 is 0 Å². The van der Waals surface area contributed by atoms with Crippen molar-refractivity contribution in [2.75, 3.05) is 19.6 Å². The van der Waals surface area contributed by atoms with Gasteiger partial charge in [-0.25, -0.2) is 0 Å². The Labute approximate surface area is 607 Å². The van der Waals surface area contributed by atoms with Crippen LogP contribution in [0.4, 0.5) is 68.2 Å². The molecule has 0 aliphatic carbocycles. The van der Waals surface area contributed by atoms with E-state index < -0.39 is 0 Å². The molecule has 5 aliphatic rings. The molecule has 0 radical (unpaired) electrons. The molecule has 7 heteroatoms. The number of fused-ring (bicyclic) bond motifs is 11. The normalized spacial score (nSPS) is 14.3. The van der Waals surface area contributed by atoms with E-state index in [0.29, 0.717) is 0 Å². The maximum atomic E-state index is 2.88. The third-order valence-corrected chi connectivity index (χ3v) is 26.4. The molecule has 17 rings (SSSR count). The molecular formula is C94H92B2N4Se. The first-order valence-corrected chi connectivity index (χ1v) is 38.3. The van der Waals surface area contributed by atoms with E-state index in [-0.39, 0.29) is 60.4 Å². The van der Waals surface area contributed by atoms with Gasteiger partial charge in [-0.05, 0) is 0 Å². The van der Waals surface area contributed by atoms with Crippen LogP contribution in [0.1, 0.15) is 156 Å². The first kappa shape index (κ1) is 65.1. The van der Waals surface area contributed by atoms with Crippen LogP contribution in [0.5, 0.6) is 0 Å². The van der Waals surface area contributed by atoms with E-state index in [1.54, 1.807) is 0 Å². The van der Waals surface area contributed by atoms with E-state index in [0.717, 1.165) is 0 Å². The van der Waals surface area contributed by atoms with Gasteiger partial charge in [0.1, 0.15) is 0 Å². The molecule has 0 spiro atoms. The average Bonchev–Trinajstić information content (AvgIpc) is 1.64. The summed E-state index contributed by atoms with van der Waals surface area (Å²) in [6.07, 6.45) is 0. The van der Waals surface area contributed by atoms with E-state index in [1.165, 1.54) is 177 Å². The molecule has 5 aliphatic heterocycles. The maximum absolute atomic E-state index is 2.88. The number of nitrogens with zero attached hydrogens (tertiary/aromatic N) is 4. The van der Waals surface area contributed by atoms with Crippen molar-refractivity contribution in [3.63, 3.8) is 0 Å². The Kier molecular flexibility index (Phi) is 14.6. The van der Waals surface area contributed by atoms with Gasteiger partial charge in [0, 0.05) is 0 Å². The Hall–Kier alpha value is -9.25. The molecule has 0 amide bonds. The quantitative estimate of drug-likeness (QED) is 0.154. The summed E-state index contributed by atoms with van der Waals surface area (Å²) in [5.74, 6) is 0. The van der Waals surface area contributed by atoms with E-state index in [1.807, 2.05) is 0 Å². The Morgan fingerprint density at radius 2 is 0.535 bits per heavy atom. The second-order valence-electron chi connectivity index (χ2n) is 35.5. The van der Waals surface area contributed by atoms with Crippen LogP contribution in [0.25, 0.3) is 44.5 Å². The Balaban J connectivity index is 1.05. The topological polar surface area (TPSA) is 13.0 Å². The van der Waals surface area contributed by atoms with Gasteiger partial charge in [-0.3, -0.25) is 0 Å². The third-order valence-electron chi connectivity index (χ3n) is 22.2. The van der Waals surface area contributed by atoms with Crippen molar-refractivity contribution < 1.29 is 0 Å². The zero-order chi connectivity index (χ0) is 70.5. The van der Waals surface area contributed by atoms with Gasteiger partial charge in [-0.2, -0.15) is 0 Å². The monoisotopic (exact) mass is 1380 g/mol. The van der Waals surface area contributed by atoms with E-state index in [4.69, 9.17) is 0 Å². The van der Waals surface area contributed by atoms with Crippen molar-refractivity contribution in [1.82, 2.24) is 0 Å². The Morgan fingerprint density at radius 1 is 0.228 bits per heavy atom. The second kappa shape index (κ2) is 22.6. The van der Waals surface area contributed by atoms with Gasteiger partial charge in [0.25, 0.3) is 0 Å². The molecule has 101 heavy (non-hydrogen) atoms. The average molecular weight is 1380 g/mol. The molecule has 0 saturated heterocycles. The van der Waals surface area contributed by atoms with E-state index >= 15 is 0 Å².